The predicted octanol–water partition coefficient (Wildman–Crippen LogP) is 2.14. The zero-order valence-electron chi connectivity index (χ0n) is 16.5. The fraction of sp³-hybridized carbons (Fsp3) is 0.600. The lowest BCUT2D eigenvalue weighted by Gasteiger charge is -2.33. The van der Waals surface area contributed by atoms with Gasteiger partial charge in [0.25, 0.3) is 0 Å². The van der Waals surface area contributed by atoms with Crippen LogP contribution < -0.4 is 10.6 Å². The molecule has 1 saturated heterocycles. The van der Waals surface area contributed by atoms with E-state index in [-0.39, 0.29) is 29.4 Å². The zero-order chi connectivity index (χ0) is 19.6. The monoisotopic (exact) mass is 393 g/mol. The van der Waals surface area contributed by atoms with Crippen molar-refractivity contribution in [3.63, 3.8) is 0 Å². The number of carbonyl (C=O) groups is 2. The van der Waals surface area contributed by atoms with Crippen molar-refractivity contribution in [3.05, 3.63) is 29.8 Å². The van der Waals surface area contributed by atoms with Gasteiger partial charge in [-0.2, -0.15) is 0 Å². The Morgan fingerprint density at radius 2 is 2.07 bits per heavy atom. The lowest BCUT2D eigenvalue weighted by Crippen LogP contribution is -2.48. The summed E-state index contributed by atoms with van der Waals surface area (Å²) in [6.07, 6.45) is 0.0380. The fourth-order valence-corrected chi connectivity index (χ4v) is 3.67. The Hall–Kier alpha value is -1.57. The van der Waals surface area contributed by atoms with Crippen LogP contribution >= 0.6 is 11.8 Å². The maximum absolute atomic E-state index is 12.0. The molecule has 1 fully saturated rings. The second-order valence-electron chi connectivity index (χ2n) is 7.36. The van der Waals surface area contributed by atoms with Gasteiger partial charge in [0, 0.05) is 31.9 Å². The molecule has 0 radical (unpaired) electrons. The molecule has 150 valence electrons. The van der Waals surface area contributed by atoms with E-state index in [9.17, 15) is 9.59 Å². The first kappa shape index (κ1) is 21.7. The summed E-state index contributed by atoms with van der Waals surface area (Å²) in [6.45, 7) is 10.5. The van der Waals surface area contributed by atoms with Gasteiger partial charge in [-0.05, 0) is 30.5 Å². The molecule has 1 aliphatic rings. The number of rotatable bonds is 9. The van der Waals surface area contributed by atoms with E-state index in [1.165, 1.54) is 11.8 Å². The lowest BCUT2D eigenvalue weighted by atomic mass is 10.2. The molecule has 0 saturated carbocycles. The Morgan fingerprint density at radius 3 is 2.81 bits per heavy atom. The van der Waals surface area contributed by atoms with Crippen molar-refractivity contribution in [1.29, 1.82) is 0 Å². The number of amides is 2. The van der Waals surface area contributed by atoms with Crippen molar-refractivity contribution in [2.75, 3.05) is 49.6 Å². The van der Waals surface area contributed by atoms with Crippen LogP contribution in [0, 0.1) is 12.8 Å². The first-order valence-corrected chi connectivity index (χ1v) is 10.6. The second-order valence-corrected chi connectivity index (χ2v) is 8.35. The molecule has 1 heterocycles. The molecular formula is C20H31N3O3S. The quantitative estimate of drug-likeness (QED) is 0.673. The first-order chi connectivity index (χ1) is 12.9. The third-order valence-corrected chi connectivity index (χ3v) is 5.07. The summed E-state index contributed by atoms with van der Waals surface area (Å²) in [4.78, 5) is 26.3. The highest BCUT2D eigenvalue weighted by molar-refractivity contribution is 8.00. The second kappa shape index (κ2) is 11.3. The van der Waals surface area contributed by atoms with Gasteiger partial charge < -0.3 is 15.4 Å². The van der Waals surface area contributed by atoms with Gasteiger partial charge in [-0.25, -0.2) is 0 Å². The van der Waals surface area contributed by atoms with Crippen LogP contribution in [-0.2, 0) is 14.3 Å². The minimum absolute atomic E-state index is 0.0380. The number of carbonyl (C=O) groups excluding carboxylic acids is 2. The van der Waals surface area contributed by atoms with Crippen molar-refractivity contribution < 1.29 is 14.3 Å². The summed E-state index contributed by atoms with van der Waals surface area (Å²) >= 11 is 1.31. The summed E-state index contributed by atoms with van der Waals surface area (Å²) < 4.78 is 5.73. The lowest BCUT2D eigenvalue weighted by molar-refractivity contribution is -0.119. The summed E-state index contributed by atoms with van der Waals surface area (Å²) in [6, 6.07) is 7.66. The van der Waals surface area contributed by atoms with Gasteiger partial charge in [-0.3, -0.25) is 14.5 Å². The maximum atomic E-state index is 12.0. The van der Waals surface area contributed by atoms with Crippen LogP contribution in [0.5, 0.6) is 0 Å². The Morgan fingerprint density at radius 1 is 1.30 bits per heavy atom. The highest BCUT2D eigenvalue weighted by atomic mass is 32.2. The number of ether oxygens (including phenoxy) is 1. The van der Waals surface area contributed by atoms with Crippen LogP contribution in [0.1, 0.15) is 19.4 Å². The molecule has 1 aromatic carbocycles. The molecule has 27 heavy (non-hydrogen) atoms. The zero-order valence-corrected chi connectivity index (χ0v) is 17.3. The van der Waals surface area contributed by atoms with Crippen LogP contribution in [-0.4, -0.2) is 67.1 Å². The SMILES string of the molecule is Cc1cccc(NC(=O)CSCC(=O)NCC2CN(CC(C)C)CCO2)c1. The molecule has 1 aromatic rings. The number of nitrogens with one attached hydrogen (secondary N) is 2. The molecule has 0 aliphatic carbocycles. The van der Waals surface area contributed by atoms with Gasteiger partial charge in [-0.15, -0.1) is 11.8 Å². The summed E-state index contributed by atoms with van der Waals surface area (Å²) in [5.41, 5.74) is 1.88. The molecule has 1 aliphatic heterocycles. The van der Waals surface area contributed by atoms with Crippen LogP contribution in [0.4, 0.5) is 5.69 Å². The Balaban J connectivity index is 1.60. The molecule has 1 unspecified atom stereocenters. The molecule has 0 spiro atoms. The van der Waals surface area contributed by atoms with Crippen molar-refractivity contribution in [3.8, 4) is 0 Å². The number of anilines is 1. The minimum Gasteiger partial charge on any atom is -0.374 e. The molecule has 1 atom stereocenters. The van der Waals surface area contributed by atoms with E-state index in [2.05, 4.69) is 29.4 Å². The largest absolute Gasteiger partial charge is 0.374 e. The van der Waals surface area contributed by atoms with E-state index >= 15 is 0 Å². The van der Waals surface area contributed by atoms with Gasteiger partial charge in [0.2, 0.25) is 11.8 Å². The topological polar surface area (TPSA) is 70.7 Å². The van der Waals surface area contributed by atoms with E-state index in [0.717, 1.165) is 30.9 Å². The maximum Gasteiger partial charge on any atom is 0.234 e. The average Bonchev–Trinajstić information content (AvgIpc) is 2.60. The molecule has 6 nitrogen and oxygen atoms in total. The molecule has 7 heteroatoms. The molecule has 2 rings (SSSR count). The Bertz CT molecular complexity index is 624. The highest BCUT2D eigenvalue weighted by Gasteiger charge is 2.21. The van der Waals surface area contributed by atoms with Crippen molar-refractivity contribution in [1.82, 2.24) is 10.2 Å². The third-order valence-electron chi connectivity index (χ3n) is 4.14. The van der Waals surface area contributed by atoms with Crippen LogP contribution in [0.25, 0.3) is 0 Å². The fourth-order valence-electron chi connectivity index (χ4n) is 3.02. The van der Waals surface area contributed by atoms with E-state index in [1.54, 1.807) is 0 Å². The van der Waals surface area contributed by atoms with Crippen LogP contribution in [0.15, 0.2) is 24.3 Å². The summed E-state index contributed by atoms with van der Waals surface area (Å²) in [7, 11) is 0. The van der Waals surface area contributed by atoms with E-state index in [0.29, 0.717) is 19.1 Å². The number of hydrogen-bond donors (Lipinski definition) is 2. The highest BCUT2D eigenvalue weighted by Crippen LogP contribution is 2.11. The van der Waals surface area contributed by atoms with E-state index in [4.69, 9.17) is 4.74 Å². The number of nitrogens with zero attached hydrogens (tertiary/aromatic N) is 1. The predicted molar refractivity (Wildman–Crippen MR) is 111 cm³/mol. The van der Waals surface area contributed by atoms with Gasteiger partial charge in [0.05, 0.1) is 24.2 Å². The standard InChI is InChI=1S/C20H31N3O3S/c1-15(2)11-23-7-8-26-18(12-23)10-21-19(24)13-27-14-20(25)22-17-6-4-5-16(3)9-17/h4-6,9,15,18H,7-8,10-14H2,1-3H3,(H,21,24)(H,22,25). The van der Waals surface area contributed by atoms with Crippen LogP contribution in [0.3, 0.4) is 0 Å². The summed E-state index contributed by atoms with van der Waals surface area (Å²) in [5.74, 6) is 0.986. The first-order valence-electron chi connectivity index (χ1n) is 9.47. The normalized spacial score (nSPS) is 17.7. The van der Waals surface area contributed by atoms with Gasteiger partial charge in [0.1, 0.15) is 0 Å². The third kappa shape index (κ3) is 8.77. The number of benzene rings is 1. The average molecular weight is 394 g/mol. The molecule has 2 amide bonds. The van der Waals surface area contributed by atoms with Crippen LogP contribution in [0.2, 0.25) is 0 Å². The number of thioether (sulfide) groups is 1. The van der Waals surface area contributed by atoms with E-state index in [1.807, 2.05) is 31.2 Å². The van der Waals surface area contributed by atoms with Gasteiger partial charge in [-0.1, -0.05) is 26.0 Å². The number of morpholine rings is 1. The molecule has 0 aromatic heterocycles. The van der Waals surface area contributed by atoms with Gasteiger partial charge in [0.15, 0.2) is 0 Å². The number of aryl methyl sites for hydroxylation is 1. The molecule has 2 N–H and O–H groups in total. The molecule has 0 bridgehead atoms. The molecular weight excluding hydrogens is 362 g/mol. The Kier molecular flexibility index (Phi) is 9.10. The number of hydrogen-bond acceptors (Lipinski definition) is 5. The minimum atomic E-state index is -0.0988. The van der Waals surface area contributed by atoms with Gasteiger partial charge >= 0.3 is 0 Å². The smallest absolute Gasteiger partial charge is 0.234 e. The van der Waals surface area contributed by atoms with E-state index < -0.39 is 0 Å². The van der Waals surface area contributed by atoms with Crippen molar-refractivity contribution >= 4 is 29.3 Å². The summed E-state index contributed by atoms with van der Waals surface area (Å²) in [5, 5.41) is 5.76. The van der Waals surface area contributed by atoms with Crippen molar-refractivity contribution in [2.45, 2.75) is 26.9 Å². The van der Waals surface area contributed by atoms with Crippen molar-refractivity contribution in [2.24, 2.45) is 5.92 Å². The Labute approximate surface area is 166 Å².